The van der Waals surface area contributed by atoms with Crippen molar-refractivity contribution in [2.45, 2.75) is 81.5 Å². The molecule has 8 nitrogen and oxygen atoms in total. The number of aliphatic hydroxyl groups is 1. The van der Waals surface area contributed by atoms with Crippen LogP contribution in [0.1, 0.15) is 80.3 Å². The lowest BCUT2D eigenvalue weighted by Crippen LogP contribution is -2.56. The first-order valence-corrected chi connectivity index (χ1v) is 18.5. The van der Waals surface area contributed by atoms with Crippen molar-refractivity contribution in [1.29, 1.82) is 0 Å². The average molecular weight is 658 g/mol. The van der Waals surface area contributed by atoms with Crippen LogP contribution in [0.25, 0.3) is 0 Å². The van der Waals surface area contributed by atoms with Crippen LogP contribution in [-0.4, -0.2) is 75.5 Å². The van der Waals surface area contributed by atoms with Crippen molar-refractivity contribution >= 4 is 33.2 Å². The second kappa shape index (κ2) is 12.4. The van der Waals surface area contributed by atoms with E-state index < -0.39 is 26.8 Å². The van der Waals surface area contributed by atoms with E-state index >= 15 is 0 Å². The molecule has 1 amide bonds. The number of benzene rings is 2. The molecule has 1 saturated carbocycles. The fraction of sp³-hybridized carbons (Fsp3) is 0.629. The molecular formula is C35H48ClN3O5S. The maximum Gasteiger partial charge on any atom is 0.264 e. The number of anilines is 1. The van der Waals surface area contributed by atoms with E-state index in [9.17, 15) is 18.3 Å². The number of carbonyl (C=O) groups excluding carboxylic acids is 1. The highest BCUT2D eigenvalue weighted by molar-refractivity contribution is 7.90. The van der Waals surface area contributed by atoms with Crippen LogP contribution >= 0.6 is 11.6 Å². The Morgan fingerprint density at radius 1 is 1.09 bits per heavy atom. The summed E-state index contributed by atoms with van der Waals surface area (Å²) in [6.07, 6.45) is 6.92. The molecule has 6 rings (SSSR count). The Kier molecular flexibility index (Phi) is 8.96. The number of fused-ring (bicyclic) bond motifs is 4. The van der Waals surface area contributed by atoms with Gasteiger partial charge in [0, 0.05) is 35.6 Å². The van der Waals surface area contributed by atoms with E-state index in [0.717, 1.165) is 49.4 Å². The molecule has 0 radical (unpaired) electrons. The monoisotopic (exact) mass is 657 g/mol. The Bertz CT molecular complexity index is 1550. The summed E-state index contributed by atoms with van der Waals surface area (Å²) >= 11 is 6.43. The van der Waals surface area contributed by atoms with E-state index in [1.165, 1.54) is 11.1 Å². The van der Waals surface area contributed by atoms with Gasteiger partial charge in [-0.05, 0) is 125 Å². The fourth-order valence-electron chi connectivity index (χ4n) is 8.51. The number of likely N-dealkylation sites (N-methyl/N-ethyl adjacent to an activating group) is 1. The molecule has 4 aliphatic rings. The Labute approximate surface area is 273 Å². The second-order valence-corrected chi connectivity index (χ2v) is 17.1. The zero-order valence-corrected chi connectivity index (χ0v) is 28.6. The van der Waals surface area contributed by atoms with Gasteiger partial charge in [0.2, 0.25) is 10.0 Å². The zero-order chi connectivity index (χ0) is 32.1. The minimum absolute atomic E-state index is 0.122. The smallest absolute Gasteiger partial charge is 0.264 e. The van der Waals surface area contributed by atoms with Gasteiger partial charge in [-0.1, -0.05) is 31.0 Å². The lowest BCUT2D eigenvalue weighted by Gasteiger charge is -2.51. The molecule has 1 spiro atoms. The molecule has 246 valence electrons. The Morgan fingerprint density at radius 2 is 1.89 bits per heavy atom. The highest BCUT2D eigenvalue weighted by Gasteiger charge is 2.49. The van der Waals surface area contributed by atoms with Gasteiger partial charge in [0.15, 0.2) is 0 Å². The minimum Gasteiger partial charge on any atom is -0.490 e. The van der Waals surface area contributed by atoms with Crippen molar-refractivity contribution in [2.24, 2.45) is 17.8 Å². The summed E-state index contributed by atoms with van der Waals surface area (Å²) in [6.45, 7) is 6.06. The van der Waals surface area contributed by atoms with Crippen molar-refractivity contribution in [3.8, 4) is 5.75 Å². The Hall–Kier alpha value is -2.33. The predicted octanol–water partition coefficient (Wildman–Crippen LogP) is 5.40. The number of hydrogen-bond acceptors (Lipinski definition) is 7. The standard InChI is InChI=1S/C35H48ClN3O5S/c1-23-7-5-16-35(41,21-38(3)4)30-12-9-27(30)19-39-20-34(15-6-8-25-17-28(36)11-13-29(25)34)22-44-32-14-10-26(18-31(32)39)33(40)37-45(42,43)24(23)2/h10-11,13-14,17-18,23-24,27,30,41H,5-9,12,15-16,19-22H2,1-4H3,(H,37,40)/t23-,24+,27-,30+,34-,35+/m0/s1. The number of carbonyl (C=O) groups is 1. The maximum absolute atomic E-state index is 13.5. The van der Waals surface area contributed by atoms with Crippen LogP contribution in [0.2, 0.25) is 5.02 Å². The van der Waals surface area contributed by atoms with E-state index in [-0.39, 0.29) is 23.2 Å². The van der Waals surface area contributed by atoms with Crippen LogP contribution in [0.15, 0.2) is 36.4 Å². The normalized spacial score (nSPS) is 33.3. The number of sulfonamides is 1. The topological polar surface area (TPSA) is 99.2 Å². The molecule has 45 heavy (non-hydrogen) atoms. The van der Waals surface area contributed by atoms with Crippen molar-refractivity contribution in [1.82, 2.24) is 9.62 Å². The van der Waals surface area contributed by atoms with Crippen LogP contribution in [-0.2, 0) is 21.9 Å². The quantitative estimate of drug-likeness (QED) is 0.446. The third-order valence-electron chi connectivity index (χ3n) is 11.2. The van der Waals surface area contributed by atoms with Gasteiger partial charge < -0.3 is 19.6 Å². The average Bonchev–Trinajstić information content (AvgIpc) is 3.10. The number of nitrogens with zero attached hydrogens (tertiary/aromatic N) is 2. The molecule has 2 bridgehead atoms. The van der Waals surface area contributed by atoms with Crippen LogP contribution < -0.4 is 14.4 Å². The summed E-state index contributed by atoms with van der Waals surface area (Å²) in [6, 6.07) is 11.5. The van der Waals surface area contributed by atoms with Crippen molar-refractivity contribution < 1.29 is 23.1 Å². The molecule has 2 aliphatic heterocycles. The van der Waals surface area contributed by atoms with Crippen LogP contribution in [0.5, 0.6) is 5.75 Å². The maximum atomic E-state index is 13.5. The lowest BCUT2D eigenvalue weighted by atomic mass is 9.62. The molecule has 1 fully saturated rings. The lowest BCUT2D eigenvalue weighted by molar-refractivity contribution is -0.100. The molecule has 0 aromatic heterocycles. The van der Waals surface area contributed by atoms with E-state index in [4.69, 9.17) is 16.3 Å². The first-order valence-electron chi connectivity index (χ1n) is 16.5. The van der Waals surface area contributed by atoms with Gasteiger partial charge in [-0.25, -0.2) is 13.1 Å². The summed E-state index contributed by atoms with van der Waals surface area (Å²) in [5.74, 6) is 0.284. The van der Waals surface area contributed by atoms with Crippen LogP contribution in [0.3, 0.4) is 0 Å². The van der Waals surface area contributed by atoms with Gasteiger partial charge in [0.05, 0.1) is 23.1 Å². The molecule has 0 saturated heterocycles. The SMILES string of the molecule is C[C@@H]1[C@@H](C)CCC[C@@](O)(CN(C)C)[C@@H]2CC[C@H]2CN2C[C@@]3(CCCc4cc(Cl)ccc43)COc3ccc(cc32)C(=O)NS1(=O)=O. The van der Waals surface area contributed by atoms with E-state index in [1.807, 2.05) is 33.2 Å². The van der Waals surface area contributed by atoms with E-state index in [0.29, 0.717) is 50.3 Å². The molecule has 2 heterocycles. The van der Waals surface area contributed by atoms with Crippen molar-refractivity contribution in [3.05, 3.63) is 58.1 Å². The third-order valence-corrected chi connectivity index (χ3v) is 13.4. The highest BCUT2D eigenvalue weighted by Crippen LogP contribution is 2.49. The number of ether oxygens (including phenoxy) is 1. The van der Waals surface area contributed by atoms with E-state index in [2.05, 4.69) is 26.7 Å². The van der Waals surface area contributed by atoms with Crippen LogP contribution in [0.4, 0.5) is 5.69 Å². The summed E-state index contributed by atoms with van der Waals surface area (Å²) in [7, 11) is 0.0911. The van der Waals surface area contributed by atoms with Gasteiger partial charge in [0.25, 0.3) is 5.91 Å². The molecule has 0 unspecified atom stereocenters. The summed E-state index contributed by atoms with van der Waals surface area (Å²) in [5.41, 5.74) is 2.47. The first-order chi connectivity index (χ1) is 21.3. The van der Waals surface area contributed by atoms with Crippen molar-refractivity contribution in [2.75, 3.05) is 45.2 Å². The molecule has 2 N–H and O–H groups in total. The van der Waals surface area contributed by atoms with Crippen molar-refractivity contribution in [3.63, 3.8) is 0 Å². The largest absolute Gasteiger partial charge is 0.490 e. The fourth-order valence-corrected chi connectivity index (χ4v) is 10.0. The molecule has 6 atom stereocenters. The summed E-state index contributed by atoms with van der Waals surface area (Å²) < 4.78 is 35.7. The molecular weight excluding hydrogens is 610 g/mol. The molecule has 2 aliphatic carbocycles. The molecule has 10 heteroatoms. The zero-order valence-electron chi connectivity index (χ0n) is 27.0. The number of aryl methyl sites for hydroxylation is 1. The highest BCUT2D eigenvalue weighted by atomic mass is 35.5. The number of nitrogens with one attached hydrogen (secondary N) is 1. The predicted molar refractivity (Wildman–Crippen MR) is 179 cm³/mol. The van der Waals surface area contributed by atoms with Crippen LogP contribution in [0, 0.1) is 17.8 Å². The Balaban J connectivity index is 1.44. The number of hydrogen-bond donors (Lipinski definition) is 2. The molecule has 2 aromatic carbocycles. The van der Waals surface area contributed by atoms with Gasteiger partial charge >= 0.3 is 0 Å². The van der Waals surface area contributed by atoms with Gasteiger partial charge in [-0.15, -0.1) is 0 Å². The first kappa shape index (κ1) is 32.6. The van der Waals surface area contributed by atoms with Gasteiger partial charge in [0.1, 0.15) is 5.75 Å². The minimum atomic E-state index is -3.92. The Morgan fingerprint density at radius 3 is 2.62 bits per heavy atom. The van der Waals surface area contributed by atoms with Gasteiger partial charge in [-0.3, -0.25) is 4.79 Å². The molecule has 2 aromatic rings. The number of rotatable bonds is 2. The summed E-state index contributed by atoms with van der Waals surface area (Å²) in [5, 5.41) is 12.3. The van der Waals surface area contributed by atoms with E-state index in [1.54, 1.807) is 19.1 Å². The number of amides is 1. The summed E-state index contributed by atoms with van der Waals surface area (Å²) in [4.78, 5) is 17.9. The third kappa shape index (κ3) is 6.34. The second-order valence-electron chi connectivity index (χ2n) is 14.6. The number of halogens is 1. The van der Waals surface area contributed by atoms with Gasteiger partial charge in [-0.2, -0.15) is 0 Å².